The van der Waals surface area contributed by atoms with E-state index in [0.29, 0.717) is 17.8 Å². The topological polar surface area (TPSA) is 81.3 Å². The lowest BCUT2D eigenvalue weighted by atomic mass is 10.1. The number of anilines is 1. The van der Waals surface area contributed by atoms with E-state index in [1.54, 1.807) is 12.0 Å². The zero-order valence-electron chi connectivity index (χ0n) is 11.9. The van der Waals surface area contributed by atoms with E-state index in [1.807, 2.05) is 31.2 Å². The summed E-state index contributed by atoms with van der Waals surface area (Å²) in [7, 11) is 1.63. The van der Waals surface area contributed by atoms with Gasteiger partial charge >= 0.3 is 0 Å². The number of carbonyl (C=O) groups is 1. The number of nitrogen functional groups attached to an aromatic ring is 1. The van der Waals surface area contributed by atoms with Gasteiger partial charge in [-0.05, 0) is 24.6 Å². The van der Waals surface area contributed by atoms with E-state index >= 15 is 0 Å². The Bertz CT molecular complexity index is 685. The molecule has 6 heteroatoms. The number of carbonyl (C=O) groups excluding carboxylic acids is 1. The summed E-state index contributed by atoms with van der Waals surface area (Å²) in [6.45, 7) is 2.44. The first-order valence-corrected chi connectivity index (χ1v) is 6.66. The lowest BCUT2D eigenvalue weighted by Gasteiger charge is -2.24. The van der Waals surface area contributed by atoms with Gasteiger partial charge in [-0.25, -0.2) is 9.97 Å². The largest absolute Gasteiger partial charge is 0.497 e. The van der Waals surface area contributed by atoms with Crippen LogP contribution < -0.4 is 10.5 Å². The molecule has 2 N–H and O–H groups in total. The fourth-order valence-electron chi connectivity index (χ4n) is 2.49. The third kappa shape index (κ3) is 2.29. The van der Waals surface area contributed by atoms with Gasteiger partial charge in [-0.15, -0.1) is 0 Å². The second kappa shape index (κ2) is 5.05. The molecule has 21 heavy (non-hydrogen) atoms. The second-order valence-corrected chi connectivity index (χ2v) is 4.97. The van der Waals surface area contributed by atoms with Crippen LogP contribution in [0.5, 0.6) is 5.75 Å². The summed E-state index contributed by atoms with van der Waals surface area (Å²) in [5.74, 6) is 0.925. The van der Waals surface area contributed by atoms with E-state index in [0.717, 1.165) is 11.3 Å². The molecule has 0 saturated carbocycles. The molecule has 1 unspecified atom stereocenters. The van der Waals surface area contributed by atoms with Crippen molar-refractivity contribution < 1.29 is 9.53 Å². The third-order valence-corrected chi connectivity index (χ3v) is 3.76. The van der Waals surface area contributed by atoms with Crippen LogP contribution in [0.25, 0.3) is 0 Å². The van der Waals surface area contributed by atoms with Crippen molar-refractivity contribution in [2.24, 2.45) is 0 Å². The number of hydrogen-bond acceptors (Lipinski definition) is 5. The molecule has 1 amide bonds. The van der Waals surface area contributed by atoms with E-state index in [9.17, 15) is 4.79 Å². The van der Waals surface area contributed by atoms with Gasteiger partial charge in [0.15, 0.2) is 0 Å². The van der Waals surface area contributed by atoms with Gasteiger partial charge in [-0.2, -0.15) is 0 Å². The highest BCUT2D eigenvalue weighted by Crippen LogP contribution is 2.30. The third-order valence-electron chi connectivity index (χ3n) is 3.76. The van der Waals surface area contributed by atoms with Crippen LogP contribution in [0.4, 0.5) is 5.95 Å². The number of nitrogens with two attached hydrogens (primary N) is 1. The Morgan fingerprint density at radius 1 is 1.33 bits per heavy atom. The number of nitrogens with zero attached hydrogens (tertiary/aromatic N) is 3. The van der Waals surface area contributed by atoms with Crippen molar-refractivity contribution in [3.8, 4) is 5.75 Å². The van der Waals surface area contributed by atoms with Gasteiger partial charge < -0.3 is 15.4 Å². The SMILES string of the molecule is COc1ccc(C(C)N2Cc3nc(N)ncc3C2=O)cc1. The molecular formula is C15H16N4O2. The van der Waals surface area contributed by atoms with E-state index in [2.05, 4.69) is 9.97 Å². The van der Waals surface area contributed by atoms with E-state index in [1.165, 1.54) is 6.20 Å². The van der Waals surface area contributed by atoms with Crippen molar-refractivity contribution in [2.75, 3.05) is 12.8 Å². The Balaban J connectivity index is 1.86. The van der Waals surface area contributed by atoms with Gasteiger partial charge in [0.25, 0.3) is 5.91 Å². The minimum atomic E-state index is -0.0617. The maximum atomic E-state index is 12.4. The van der Waals surface area contributed by atoms with Crippen LogP contribution in [0, 0.1) is 0 Å². The summed E-state index contributed by atoms with van der Waals surface area (Å²) in [6.07, 6.45) is 1.50. The summed E-state index contributed by atoms with van der Waals surface area (Å²) < 4.78 is 5.15. The van der Waals surface area contributed by atoms with Gasteiger partial charge in [-0.1, -0.05) is 12.1 Å². The Kier molecular flexibility index (Phi) is 3.21. The van der Waals surface area contributed by atoms with Crippen molar-refractivity contribution in [2.45, 2.75) is 19.5 Å². The Morgan fingerprint density at radius 3 is 2.71 bits per heavy atom. The summed E-state index contributed by atoms with van der Waals surface area (Å²) in [5.41, 5.74) is 7.83. The molecule has 2 aromatic rings. The minimum Gasteiger partial charge on any atom is -0.497 e. The van der Waals surface area contributed by atoms with Crippen LogP contribution in [0.15, 0.2) is 30.5 Å². The monoisotopic (exact) mass is 284 g/mol. The molecule has 1 aromatic heterocycles. The number of benzene rings is 1. The maximum absolute atomic E-state index is 12.4. The first kappa shape index (κ1) is 13.4. The predicted octanol–water partition coefficient (Wildman–Crippen LogP) is 1.78. The zero-order valence-corrected chi connectivity index (χ0v) is 11.9. The minimum absolute atomic E-state index is 0.0566. The average molecular weight is 284 g/mol. The molecule has 3 rings (SSSR count). The summed E-state index contributed by atoms with van der Waals surface area (Å²) in [6, 6.07) is 7.63. The maximum Gasteiger partial charge on any atom is 0.258 e. The molecule has 1 aromatic carbocycles. The molecule has 1 atom stereocenters. The number of rotatable bonds is 3. The fraction of sp³-hybridized carbons (Fsp3) is 0.267. The Morgan fingerprint density at radius 2 is 2.05 bits per heavy atom. The number of hydrogen-bond donors (Lipinski definition) is 1. The zero-order chi connectivity index (χ0) is 15.0. The van der Waals surface area contributed by atoms with Crippen molar-refractivity contribution in [3.05, 3.63) is 47.3 Å². The highest BCUT2D eigenvalue weighted by atomic mass is 16.5. The summed E-state index contributed by atoms with van der Waals surface area (Å²) in [4.78, 5) is 22.2. The first-order chi connectivity index (χ1) is 10.1. The van der Waals surface area contributed by atoms with Crippen molar-refractivity contribution in [1.82, 2.24) is 14.9 Å². The number of amides is 1. The second-order valence-electron chi connectivity index (χ2n) is 4.97. The van der Waals surface area contributed by atoms with Crippen molar-refractivity contribution >= 4 is 11.9 Å². The van der Waals surface area contributed by atoms with Gasteiger partial charge in [0, 0.05) is 6.20 Å². The average Bonchev–Trinajstić information content (AvgIpc) is 2.83. The molecular weight excluding hydrogens is 268 g/mol. The number of ether oxygens (including phenoxy) is 1. The molecule has 1 aliphatic heterocycles. The van der Waals surface area contributed by atoms with Crippen LogP contribution in [0.2, 0.25) is 0 Å². The number of methoxy groups -OCH3 is 1. The van der Waals surface area contributed by atoms with Crippen LogP contribution in [0.3, 0.4) is 0 Å². The van der Waals surface area contributed by atoms with Crippen LogP contribution in [-0.4, -0.2) is 27.9 Å². The molecule has 6 nitrogen and oxygen atoms in total. The van der Waals surface area contributed by atoms with Crippen molar-refractivity contribution in [3.63, 3.8) is 0 Å². The molecule has 1 aliphatic rings. The van der Waals surface area contributed by atoms with Gasteiger partial charge in [0.05, 0.1) is 31.0 Å². The van der Waals surface area contributed by atoms with E-state index in [4.69, 9.17) is 10.5 Å². The van der Waals surface area contributed by atoms with Crippen LogP contribution in [-0.2, 0) is 6.54 Å². The van der Waals surface area contributed by atoms with Gasteiger partial charge in [-0.3, -0.25) is 4.79 Å². The smallest absolute Gasteiger partial charge is 0.258 e. The molecule has 0 saturated heterocycles. The molecule has 0 fully saturated rings. The molecule has 0 aliphatic carbocycles. The summed E-state index contributed by atoms with van der Waals surface area (Å²) in [5, 5.41) is 0. The lowest BCUT2D eigenvalue weighted by molar-refractivity contribution is 0.0715. The molecule has 0 bridgehead atoms. The summed E-state index contributed by atoms with van der Waals surface area (Å²) >= 11 is 0. The van der Waals surface area contributed by atoms with Crippen LogP contribution in [0.1, 0.15) is 34.6 Å². The number of fused-ring (bicyclic) bond motifs is 1. The lowest BCUT2D eigenvalue weighted by Crippen LogP contribution is -2.27. The molecule has 0 spiro atoms. The first-order valence-electron chi connectivity index (χ1n) is 6.66. The van der Waals surface area contributed by atoms with Gasteiger partial charge in [0.2, 0.25) is 5.95 Å². The molecule has 0 radical (unpaired) electrons. The van der Waals surface area contributed by atoms with Crippen molar-refractivity contribution in [1.29, 1.82) is 0 Å². The predicted molar refractivity (Wildman–Crippen MR) is 77.7 cm³/mol. The van der Waals surface area contributed by atoms with E-state index in [-0.39, 0.29) is 17.9 Å². The highest BCUT2D eigenvalue weighted by molar-refractivity contribution is 5.97. The molecule has 2 heterocycles. The quantitative estimate of drug-likeness (QED) is 0.929. The number of aromatic nitrogens is 2. The fourth-order valence-corrected chi connectivity index (χ4v) is 2.49. The van der Waals surface area contributed by atoms with Gasteiger partial charge in [0.1, 0.15) is 5.75 Å². The van der Waals surface area contributed by atoms with Crippen LogP contribution >= 0.6 is 0 Å². The Hall–Kier alpha value is -2.63. The normalized spacial score (nSPS) is 15.0. The standard InChI is InChI=1S/C15H16N4O2/c1-9(10-3-5-11(21-2)6-4-10)19-8-13-12(14(19)20)7-17-15(16)18-13/h3-7,9H,8H2,1-2H3,(H2,16,17,18). The molecule has 108 valence electrons. The Labute approximate surface area is 122 Å². The van der Waals surface area contributed by atoms with E-state index < -0.39 is 0 Å². The highest BCUT2D eigenvalue weighted by Gasteiger charge is 2.32.